The maximum Gasteiger partial charge on any atom is 0.131 e. The summed E-state index contributed by atoms with van der Waals surface area (Å²) in [6, 6.07) is 22.5. The molecule has 0 aromatic heterocycles. The fraction of sp³-hybridized carbons (Fsp3) is 0.0526. The highest BCUT2D eigenvalue weighted by atomic mass is 19.1. The van der Waals surface area contributed by atoms with Crippen LogP contribution in [0.5, 0.6) is 5.75 Å². The molecule has 0 atom stereocenters. The van der Waals surface area contributed by atoms with Crippen molar-refractivity contribution in [3.8, 4) is 28.0 Å². The van der Waals surface area contributed by atoms with Crippen molar-refractivity contribution in [3.63, 3.8) is 0 Å². The second kappa shape index (κ2) is 5.80. The maximum absolute atomic E-state index is 14.0. The van der Waals surface area contributed by atoms with Crippen LogP contribution in [0.2, 0.25) is 0 Å². The third-order valence-corrected chi connectivity index (χ3v) is 3.47. The van der Waals surface area contributed by atoms with E-state index in [1.165, 1.54) is 6.07 Å². The van der Waals surface area contributed by atoms with Gasteiger partial charge in [0.2, 0.25) is 0 Å². The molecular weight excluding hydrogens is 263 g/mol. The third kappa shape index (κ3) is 2.65. The zero-order valence-electron chi connectivity index (χ0n) is 11.7. The summed E-state index contributed by atoms with van der Waals surface area (Å²) < 4.78 is 19.4. The van der Waals surface area contributed by atoms with Gasteiger partial charge in [0.15, 0.2) is 0 Å². The minimum Gasteiger partial charge on any atom is -0.496 e. The van der Waals surface area contributed by atoms with E-state index in [1.54, 1.807) is 19.2 Å². The van der Waals surface area contributed by atoms with Gasteiger partial charge in [0.1, 0.15) is 11.6 Å². The summed E-state index contributed by atoms with van der Waals surface area (Å²) in [5, 5.41) is 0. The van der Waals surface area contributed by atoms with Crippen LogP contribution in [0.25, 0.3) is 22.3 Å². The Labute approximate surface area is 123 Å². The monoisotopic (exact) mass is 278 g/mol. The van der Waals surface area contributed by atoms with Crippen LogP contribution in [0.15, 0.2) is 72.8 Å². The highest BCUT2D eigenvalue weighted by molar-refractivity contribution is 5.77. The summed E-state index contributed by atoms with van der Waals surface area (Å²) >= 11 is 0. The summed E-state index contributed by atoms with van der Waals surface area (Å²) in [5.41, 5.74) is 3.44. The number of rotatable bonds is 3. The number of halogens is 1. The molecule has 0 aliphatic carbocycles. The van der Waals surface area contributed by atoms with Crippen molar-refractivity contribution in [1.29, 1.82) is 0 Å². The Morgan fingerprint density at radius 2 is 1.43 bits per heavy atom. The second-order valence-corrected chi connectivity index (χ2v) is 4.76. The number of hydrogen-bond donors (Lipinski definition) is 0. The Morgan fingerprint density at radius 1 is 0.714 bits per heavy atom. The molecule has 0 saturated heterocycles. The van der Waals surface area contributed by atoms with Crippen LogP contribution < -0.4 is 4.74 Å². The molecule has 0 N–H and O–H groups in total. The van der Waals surface area contributed by atoms with Crippen molar-refractivity contribution in [3.05, 3.63) is 78.6 Å². The zero-order valence-corrected chi connectivity index (χ0v) is 11.7. The van der Waals surface area contributed by atoms with Crippen molar-refractivity contribution in [2.24, 2.45) is 0 Å². The van der Waals surface area contributed by atoms with Crippen LogP contribution >= 0.6 is 0 Å². The van der Waals surface area contributed by atoms with Gasteiger partial charge >= 0.3 is 0 Å². The molecule has 3 aromatic rings. The Balaban J connectivity index is 2.16. The van der Waals surface area contributed by atoms with Crippen molar-refractivity contribution in [2.45, 2.75) is 0 Å². The van der Waals surface area contributed by atoms with Gasteiger partial charge in [-0.15, -0.1) is 0 Å². The SMILES string of the molecule is COc1ccc(-c2ccccc2F)cc1-c1ccccc1. The standard InChI is InChI=1S/C19H15FO/c1-21-19-12-11-15(16-9-5-6-10-18(16)20)13-17(19)14-7-3-2-4-8-14/h2-13H,1H3. The van der Waals surface area contributed by atoms with Crippen molar-refractivity contribution >= 4 is 0 Å². The Bertz CT molecular complexity index is 751. The molecule has 0 spiro atoms. The molecule has 0 saturated carbocycles. The third-order valence-electron chi connectivity index (χ3n) is 3.47. The first-order chi connectivity index (χ1) is 10.3. The van der Waals surface area contributed by atoms with Crippen LogP contribution in [0.4, 0.5) is 4.39 Å². The molecular formula is C19H15FO. The van der Waals surface area contributed by atoms with E-state index in [0.717, 1.165) is 22.4 Å². The maximum atomic E-state index is 14.0. The molecule has 0 radical (unpaired) electrons. The topological polar surface area (TPSA) is 9.23 Å². The number of hydrogen-bond acceptors (Lipinski definition) is 1. The van der Waals surface area contributed by atoms with E-state index in [2.05, 4.69) is 0 Å². The highest BCUT2D eigenvalue weighted by Crippen LogP contribution is 2.34. The van der Waals surface area contributed by atoms with Gasteiger partial charge in [0.25, 0.3) is 0 Å². The zero-order chi connectivity index (χ0) is 14.7. The molecule has 0 aliphatic rings. The van der Waals surface area contributed by atoms with E-state index in [1.807, 2.05) is 54.6 Å². The van der Waals surface area contributed by atoms with E-state index in [-0.39, 0.29) is 5.82 Å². The van der Waals surface area contributed by atoms with Gasteiger partial charge in [-0.1, -0.05) is 54.6 Å². The fourth-order valence-electron chi connectivity index (χ4n) is 2.41. The first-order valence-electron chi connectivity index (χ1n) is 6.78. The van der Waals surface area contributed by atoms with Crippen molar-refractivity contribution in [1.82, 2.24) is 0 Å². The van der Waals surface area contributed by atoms with Crippen molar-refractivity contribution in [2.75, 3.05) is 7.11 Å². The normalized spacial score (nSPS) is 10.4. The summed E-state index contributed by atoms with van der Waals surface area (Å²) in [6.07, 6.45) is 0. The van der Waals surface area contributed by atoms with Crippen LogP contribution in [0.1, 0.15) is 0 Å². The van der Waals surface area contributed by atoms with E-state index >= 15 is 0 Å². The first-order valence-corrected chi connectivity index (χ1v) is 6.78. The van der Waals surface area contributed by atoms with Crippen LogP contribution in [0, 0.1) is 5.82 Å². The predicted octanol–water partition coefficient (Wildman–Crippen LogP) is 5.17. The molecule has 1 nitrogen and oxygen atoms in total. The number of methoxy groups -OCH3 is 1. The van der Waals surface area contributed by atoms with E-state index in [0.29, 0.717) is 5.56 Å². The molecule has 0 fully saturated rings. The molecule has 2 heteroatoms. The fourth-order valence-corrected chi connectivity index (χ4v) is 2.41. The lowest BCUT2D eigenvalue weighted by Gasteiger charge is -2.11. The number of ether oxygens (including phenoxy) is 1. The molecule has 0 amide bonds. The van der Waals surface area contributed by atoms with Gasteiger partial charge in [-0.2, -0.15) is 0 Å². The molecule has 21 heavy (non-hydrogen) atoms. The van der Waals surface area contributed by atoms with Gasteiger partial charge < -0.3 is 4.74 Å². The summed E-state index contributed by atoms with van der Waals surface area (Å²) in [6.45, 7) is 0. The van der Waals surface area contributed by atoms with E-state index in [4.69, 9.17) is 4.74 Å². The first kappa shape index (κ1) is 13.4. The molecule has 104 valence electrons. The molecule has 0 bridgehead atoms. The average Bonchev–Trinajstić information content (AvgIpc) is 2.55. The van der Waals surface area contributed by atoms with Gasteiger partial charge in [0, 0.05) is 11.1 Å². The van der Waals surface area contributed by atoms with E-state index < -0.39 is 0 Å². The van der Waals surface area contributed by atoms with Gasteiger partial charge in [-0.3, -0.25) is 0 Å². The van der Waals surface area contributed by atoms with Crippen LogP contribution in [-0.2, 0) is 0 Å². The minimum atomic E-state index is -0.221. The minimum absolute atomic E-state index is 0.221. The molecule has 3 rings (SSSR count). The quantitative estimate of drug-likeness (QED) is 0.642. The highest BCUT2D eigenvalue weighted by Gasteiger charge is 2.10. The predicted molar refractivity (Wildman–Crippen MR) is 83.8 cm³/mol. The van der Waals surface area contributed by atoms with Gasteiger partial charge in [-0.25, -0.2) is 4.39 Å². The molecule has 0 unspecified atom stereocenters. The van der Waals surface area contributed by atoms with Crippen LogP contribution in [-0.4, -0.2) is 7.11 Å². The lowest BCUT2D eigenvalue weighted by atomic mass is 9.98. The summed E-state index contributed by atoms with van der Waals surface area (Å²) in [5.74, 6) is 0.558. The number of benzene rings is 3. The Morgan fingerprint density at radius 3 is 2.14 bits per heavy atom. The summed E-state index contributed by atoms with van der Waals surface area (Å²) in [4.78, 5) is 0. The molecule has 0 heterocycles. The van der Waals surface area contributed by atoms with Gasteiger partial charge in [0.05, 0.1) is 7.11 Å². The van der Waals surface area contributed by atoms with E-state index in [9.17, 15) is 4.39 Å². The molecule has 3 aromatic carbocycles. The van der Waals surface area contributed by atoms with Crippen LogP contribution in [0.3, 0.4) is 0 Å². The summed E-state index contributed by atoms with van der Waals surface area (Å²) in [7, 11) is 1.64. The lowest BCUT2D eigenvalue weighted by Crippen LogP contribution is -1.90. The smallest absolute Gasteiger partial charge is 0.131 e. The van der Waals surface area contributed by atoms with Crippen molar-refractivity contribution < 1.29 is 9.13 Å². The second-order valence-electron chi connectivity index (χ2n) is 4.76. The largest absolute Gasteiger partial charge is 0.496 e. The average molecular weight is 278 g/mol. The Kier molecular flexibility index (Phi) is 3.69. The Hall–Kier alpha value is -2.61. The van der Waals surface area contributed by atoms with Gasteiger partial charge in [-0.05, 0) is 29.3 Å². The molecule has 0 aliphatic heterocycles. The lowest BCUT2D eigenvalue weighted by molar-refractivity contribution is 0.416.